The number of nitrogens with one attached hydrogen (secondary N) is 2. The lowest BCUT2D eigenvalue weighted by Crippen LogP contribution is -2.34. The van der Waals surface area contributed by atoms with E-state index in [1.54, 1.807) is 53.4 Å². The van der Waals surface area contributed by atoms with E-state index in [4.69, 9.17) is 17.0 Å². The summed E-state index contributed by atoms with van der Waals surface area (Å²) in [5.41, 5.74) is 1.78. The molecule has 2 amide bonds. The Morgan fingerprint density at radius 1 is 0.967 bits per heavy atom. The average molecular weight is 428 g/mol. The average Bonchev–Trinajstić information content (AvgIpc) is 2.73. The summed E-state index contributed by atoms with van der Waals surface area (Å²) in [5, 5.41) is 5.80. The third-order valence-electron chi connectivity index (χ3n) is 4.37. The maximum absolute atomic E-state index is 12.4. The molecular weight excluding hydrogens is 398 g/mol. The van der Waals surface area contributed by atoms with Gasteiger partial charge in [-0.1, -0.05) is 13.8 Å². The van der Waals surface area contributed by atoms with Crippen LogP contribution >= 0.6 is 12.2 Å². The van der Waals surface area contributed by atoms with Crippen LogP contribution in [0.2, 0.25) is 0 Å². The van der Waals surface area contributed by atoms with Crippen LogP contribution < -0.4 is 15.4 Å². The van der Waals surface area contributed by atoms with Crippen LogP contribution in [-0.4, -0.2) is 41.5 Å². The number of hydrogen-bond acceptors (Lipinski definition) is 4. The van der Waals surface area contributed by atoms with Crippen molar-refractivity contribution in [3.63, 3.8) is 0 Å². The van der Waals surface area contributed by atoms with Crippen LogP contribution in [0.3, 0.4) is 0 Å². The quantitative estimate of drug-likeness (QED) is 0.614. The second-order valence-corrected chi connectivity index (χ2v) is 7.60. The molecule has 2 rings (SSSR count). The number of carbonyl (C=O) groups is 2. The van der Waals surface area contributed by atoms with Crippen molar-refractivity contribution in [1.82, 2.24) is 10.2 Å². The number of ether oxygens (including phenoxy) is 1. The number of thiocarbonyl (C=S) groups is 1. The van der Waals surface area contributed by atoms with E-state index in [1.165, 1.54) is 0 Å². The Morgan fingerprint density at radius 3 is 2.07 bits per heavy atom. The number of hydrogen-bond donors (Lipinski definition) is 2. The van der Waals surface area contributed by atoms with Gasteiger partial charge in [-0.2, -0.15) is 0 Å². The summed E-state index contributed by atoms with van der Waals surface area (Å²) >= 11 is 5.23. The molecule has 2 aromatic carbocycles. The molecule has 6 nitrogen and oxygen atoms in total. The highest BCUT2D eigenvalue weighted by atomic mass is 32.1. The normalized spacial score (nSPS) is 10.4. The van der Waals surface area contributed by atoms with Crippen molar-refractivity contribution in [3.8, 4) is 5.75 Å². The largest absolute Gasteiger partial charge is 0.493 e. The molecule has 0 fully saturated rings. The first-order valence-electron chi connectivity index (χ1n) is 10.1. The molecule has 0 bridgehead atoms. The van der Waals surface area contributed by atoms with Gasteiger partial charge < -0.3 is 15.0 Å². The van der Waals surface area contributed by atoms with Crippen molar-refractivity contribution >= 4 is 34.8 Å². The fraction of sp³-hybridized carbons (Fsp3) is 0.348. The van der Waals surface area contributed by atoms with E-state index in [9.17, 15) is 9.59 Å². The molecule has 0 spiro atoms. The Kier molecular flexibility index (Phi) is 8.80. The molecule has 0 saturated carbocycles. The first kappa shape index (κ1) is 23.3. The standard InChI is InChI=1S/C23H29N3O3S/c1-5-26(6-2)22(28)18-7-11-19(12-8-18)24-23(30)25-21(27)17-9-13-20(14-10-17)29-15-16(3)4/h7-14,16H,5-6,15H2,1-4H3,(H2,24,25,27,30). The summed E-state index contributed by atoms with van der Waals surface area (Å²) < 4.78 is 5.62. The summed E-state index contributed by atoms with van der Waals surface area (Å²) in [7, 11) is 0. The number of amides is 2. The van der Waals surface area contributed by atoms with Gasteiger partial charge in [0.25, 0.3) is 11.8 Å². The topological polar surface area (TPSA) is 70.7 Å². The first-order valence-corrected chi connectivity index (χ1v) is 10.5. The van der Waals surface area contributed by atoms with E-state index in [0.717, 1.165) is 5.75 Å². The molecule has 0 atom stereocenters. The molecule has 30 heavy (non-hydrogen) atoms. The molecule has 2 N–H and O–H groups in total. The zero-order valence-corrected chi connectivity index (χ0v) is 18.7. The van der Waals surface area contributed by atoms with Gasteiger partial charge in [0.05, 0.1) is 6.61 Å². The second-order valence-electron chi connectivity index (χ2n) is 7.19. The maximum Gasteiger partial charge on any atom is 0.257 e. The van der Waals surface area contributed by atoms with Crippen molar-refractivity contribution in [3.05, 3.63) is 59.7 Å². The minimum atomic E-state index is -0.309. The maximum atomic E-state index is 12.4. The summed E-state index contributed by atoms with van der Waals surface area (Å²) in [6.45, 7) is 10.00. The van der Waals surface area contributed by atoms with Crippen molar-refractivity contribution in [2.75, 3.05) is 25.0 Å². The Labute approximate surface area is 183 Å². The van der Waals surface area contributed by atoms with Crippen LogP contribution in [0.4, 0.5) is 5.69 Å². The van der Waals surface area contributed by atoms with Crippen LogP contribution in [0.15, 0.2) is 48.5 Å². The van der Waals surface area contributed by atoms with Crippen LogP contribution in [0.5, 0.6) is 5.75 Å². The highest BCUT2D eigenvalue weighted by Crippen LogP contribution is 2.14. The van der Waals surface area contributed by atoms with Crippen molar-refractivity contribution < 1.29 is 14.3 Å². The molecule has 0 unspecified atom stereocenters. The second kappa shape index (κ2) is 11.3. The number of benzene rings is 2. The van der Waals surface area contributed by atoms with Crippen LogP contribution in [0.1, 0.15) is 48.4 Å². The van der Waals surface area contributed by atoms with Crippen LogP contribution in [-0.2, 0) is 0 Å². The number of rotatable bonds is 8. The van der Waals surface area contributed by atoms with Crippen molar-refractivity contribution in [2.45, 2.75) is 27.7 Å². The van der Waals surface area contributed by atoms with E-state index in [-0.39, 0.29) is 16.9 Å². The molecule has 0 aromatic heterocycles. The Bertz CT molecular complexity index is 860. The lowest BCUT2D eigenvalue weighted by atomic mass is 10.2. The van der Waals surface area contributed by atoms with E-state index < -0.39 is 0 Å². The number of nitrogens with zero attached hydrogens (tertiary/aromatic N) is 1. The third-order valence-corrected chi connectivity index (χ3v) is 4.57. The minimum Gasteiger partial charge on any atom is -0.493 e. The van der Waals surface area contributed by atoms with Gasteiger partial charge in [0.15, 0.2) is 5.11 Å². The van der Waals surface area contributed by atoms with E-state index >= 15 is 0 Å². The smallest absolute Gasteiger partial charge is 0.257 e. The molecule has 2 aromatic rings. The molecule has 0 aliphatic rings. The van der Waals surface area contributed by atoms with Gasteiger partial charge in [-0.15, -0.1) is 0 Å². The first-order chi connectivity index (χ1) is 14.3. The molecular formula is C23H29N3O3S. The predicted molar refractivity (Wildman–Crippen MR) is 124 cm³/mol. The van der Waals surface area contributed by atoms with Crippen LogP contribution in [0.25, 0.3) is 0 Å². The molecule has 160 valence electrons. The zero-order chi connectivity index (χ0) is 22.1. The Hall–Kier alpha value is -2.93. The summed E-state index contributed by atoms with van der Waals surface area (Å²) in [6, 6.07) is 13.9. The highest BCUT2D eigenvalue weighted by Gasteiger charge is 2.13. The SMILES string of the molecule is CCN(CC)C(=O)c1ccc(NC(=S)NC(=O)c2ccc(OCC(C)C)cc2)cc1. The van der Waals surface area contributed by atoms with Gasteiger partial charge in [-0.05, 0) is 80.5 Å². The summed E-state index contributed by atoms with van der Waals surface area (Å²) in [4.78, 5) is 26.5. The Morgan fingerprint density at radius 2 is 1.53 bits per heavy atom. The number of carbonyl (C=O) groups excluding carboxylic acids is 2. The summed E-state index contributed by atoms with van der Waals surface area (Å²) in [6.07, 6.45) is 0. The lowest BCUT2D eigenvalue weighted by molar-refractivity contribution is 0.0772. The van der Waals surface area contributed by atoms with E-state index in [0.29, 0.717) is 42.4 Å². The molecule has 0 radical (unpaired) electrons. The zero-order valence-electron chi connectivity index (χ0n) is 17.9. The third kappa shape index (κ3) is 6.84. The predicted octanol–water partition coefficient (Wildman–Crippen LogP) is 4.33. The van der Waals surface area contributed by atoms with Crippen molar-refractivity contribution in [2.24, 2.45) is 5.92 Å². The highest BCUT2D eigenvalue weighted by molar-refractivity contribution is 7.80. The molecule has 0 saturated heterocycles. The molecule has 7 heteroatoms. The van der Waals surface area contributed by atoms with E-state index in [2.05, 4.69) is 24.5 Å². The molecule has 0 aliphatic heterocycles. The number of anilines is 1. The monoisotopic (exact) mass is 427 g/mol. The molecule has 0 aliphatic carbocycles. The van der Waals surface area contributed by atoms with Gasteiger partial charge in [0.1, 0.15) is 5.75 Å². The van der Waals surface area contributed by atoms with Gasteiger partial charge in [-0.3, -0.25) is 14.9 Å². The minimum absolute atomic E-state index is 0.0109. The van der Waals surface area contributed by atoms with E-state index in [1.807, 2.05) is 13.8 Å². The summed E-state index contributed by atoms with van der Waals surface area (Å²) in [5.74, 6) is 0.834. The fourth-order valence-corrected chi connectivity index (χ4v) is 2.90. The Balaban J connectivity index is 1.90. The van der Waals surface area contributed by atoms with Crippen LogP contribution in [0, 0.1) is 5.92 Å². The van der Waals surface area contributed by atoms with Gasteiger partial charge in [0.2, 0.25) is 0 Å². The fourth-order valence-electron chi connectivity index (χ4n) is 2.69. The van der Waals surface area contributed by atoms with Gasteiger partial charge >= 0.3 is 0 Å². The van der Waals surface area contributed by atoms with Crippen molar-refractivity contribution in [1.29, 1.82) is 0 Å². The van der Waals surface area contributed by atoms with Gasteiger partial charge in [0, 0.05) is 29.9 Å². The van der Waals surface area contributed by atoms with Gasteiger partial charge in [-0.25, -0.2) is 0 Å². The molecule has 0 heterocycles. The lowest BCUT2D eigenvalue weighted by Gasteiger charge is -2.18.